The predicted molar refractivity (Wildman–Crippen MR) is 122 cm³/mol. The maximum Gasteiger partial charge on any atom is 0.410 e. The van der Waals surface area contributed by atoms with Crippen LogP contribution in [0.4, 0.5) is 4.79 Å². The lowest BCUT2D eigenvalue weighted by atomic mass is 10.1. The van der Waals surface area contributed by atoms with Gasteiger partial charge in [0.05, 0.1) is 6.04 Å². The molecule has 1 heterocycles. The predicted octanol–water partition coefficient (Wildman–Crippen LogP) is 7.65. The molecule has 1 saturated heterocycles. The second kappa shape index (κ2) is 15.1. The zero-order valence-electron chi connectivity index (χ0n) is 18.5. The minimum atomic E-state index is -0.181. The van der Waals surface area contributed by atoms with Crippen LogP contribution in [0.5, 0.6) is 0 Å². The largest absolute Gasteiger partial charge is 0.445 e. The first-order valence-electron chi connectivity index (χ1n) is 11.9. The van der Waals surface area contributed by atoms with E-state index in [9.17, 15) is 4.79 Å². The van der Waals surface area contributed by atoms with E-state index in [1.165, 1.54) is 64.2 Å². The van der Waals surface area contributed by atoms with E-state index < -0.39 is 0 Å². The summed E-state index contributed by atoms with van der Waals surface area (Å²) in [6.45, 7) is 3.43. The normalized spacial score (nSPS) is 16.6. The molecular weight excluding hydrogens is 358 g/mol. The fourth-order valence-corrected chi connectivity index (χ4v) is 4.02. The summed E-state index contributed by atoms with van der Waals surface area (Å²) in [4.78, 5) is 14.3. The van der Waals surface area contributed by atoms with E-state index in [0.29, 0.717) is 6.61 Å². The van der Waals surface area contributed by atoms with Gasteiger partial charge >= 0.3 is 6.09 Å². The Bertz CT molecular complexity index is 569. The molecular formula is C26H41NO2. The Morgan fingerprint density at radius 3 is 2.34 bits per heavy atom. The minimum Gasteiger partial charge on any atom is -0.445 e. The molecule has 1 aliphatic rings. The van der Waals surface area contributed by atoms with Crippen molar-refractivity contribution >= 4 is 6.09 Å². The van der Waals surface area contributed by atoms with Crippen molar-refractivity contribution in [3.63, 3.8) is 0 Å². The van der Waals surface area contributed by atoms with E-state index in [-0.39, 0.29) is 12.1 Å². The van der Waals surface area contributed by atoms with Crippen LogP contribution in [0.1, 0.15) is 96.0 Å². The van der Waals surface area contributed by atoms with Crippen molar-refractivity contribution in [1.29, 1.82) is 0 Å². The second-order valence-corrected chi connectivity index (χ2v) is 8.34. The molecule has 1 atom stereocenters. The Balaban J connectivity index is 1.53. The number of carbonyl (C=O) groups excluding carboxylic acids is 1. The van der Waals surface area contributed by atoms with E-state index >= 15 is 0 Å². The van der Waals surface area contributed by atoms with Gasteiger partial charge in [-0.15, -0.1) is 0 Å². The molecule has 1 aliphatic heterocycles. The molecule has 0 unspecified atom stereocenters. The van der Waals surface area contributed by atoms with Crippen LogP contribution < -0.4 is 0 Å². The number of rotatable bonds is 14. The third-order valence-corrected chi connectivity index (χ3v) is 5.82. The van der Waals surface area contributed by atoms with Crippen molar-refractivity contribution in [2.45, 2.75) is 103 Å². The van der Waals surface area contributed by atoms with Gasteiger partial charge in [0.15, 0.2) is 0 Å². The van der Waals surface area contributed by atoms with Gasteiger partial charge in [-0.2, -0.15) is 0 Å². The quantitative estimate of drug-likeness (QED) is 0.237. The third kappa shape index (κ3) is 10.0. The van der Waals surface area contributed by atoms with Crippen molar-refractivity contribution in [3.8, 4) is 0 Å². The fraction of sp³-hybridized carbons (Fsp3) is 0.654. The summed E-state index contributed by atoms with van der Waals surface area (Å²) < 4.78 is 5.51. The first-order chi connectivity index (χ1) is 14.3. The standard InChI is InChI=1S/C26H41NO2/c1-2-3-4-5-6-7-8-9-10-11-12-16-20-25-21-17-22-27(25)26(28)29-23-24-18-14-13-15-19-24/h13-16,18-20,25H,2-12,17,21-23H2,1H3/b20-16-/t25-/m1/s1. The Morgan fingerprint density at radius 1 is 1.00 bits per heavy atom. The van der Waals surface area contributed by atoms with Crippen LogP contribution in [0.3, 0.4) is 0 Å². The van der Waals surface area contributed by atoms with E-state index in [0.717, 1.165) is 31.4 Å². The van der Waals surface area contributed by atoms with Crippen LogP contribution in [0.2, 0.25) is 0 Å². The summed E-state index contributed by atoms with van der Waals surface area (Å²) in [7, 11) is 0. The molecule has 0 bridgehead atoms. The molecule has 2 rings (SSSR count). The van der Waals surface area contributed by atoms with Crippen LogP contribution in [0.15, 0.2) is 42.5 Å². The van der Waals surface area contributed by atoms with E-state index in [2.05, 4.69) is 19.1 Å². The highest BCUT2D eigenvalue weighted by Crippen LogP contribution is 2.20. The van der Waals surface area contributed by atoms with Gasteiger partial charge in [-0.25, -0.2) is 4.79 Å². The number of likely N-dealkylation sites (tertiary alicyclic amines) is 1. The lowest BCUT2D eigenvalue weighted by Crippen LogP contribution is -2.34. The monoisotopic (exact) mass is 399 g/mol. The molecule has 3 nitrogen and oxygen atoms in total. The smallest absolute Gasteiger partial charge is 0.410 e. The van der Waals surface area contributed by atoms with E-state index in [1.807, 2.05) is 35.2 Å². The van der Waals surface area contributed by atoms with Crippen molar-refractivity contribution in [1.82, 2.24) is 4.90 Å². The molecule has 0 aromatic heterocycles. The van der Waals surface area contributed by atoms with Crippen LogP contribution in [0, 0.1) is 0 Å². The molecule has 162 valence electrons. The summed E-state index contributed by atoms with van der Waals surface area (Å²) in [5, 5.41) is 0. The molecule has 0 spiro atoms. The number of hydrogen-bond acceptors (Lipinski definition) is 2. The van der Waals surface area contributed by atoms with Gasteiger partial charge in [-0.3, -0.25) is 0 Å². The van der Waals surface area contributed by atoms with Crippen molar-refractivity contribution < 1.29 is 9.53 Å². The number of carbonyl (C=O) groups is 1. The molecule has 0 N–H and O–H groups in total. The Labute approximate surface area is 178 Å². The summed E-state index contributed by atoms with van der Waals surface area (Å²) in [5.41, 5.74) is 1.04. The van der Waals surface area contributed by atoms with Gasteiger partial charge < -0.3 is 9.64 Å². The number of allylic oxidation sites excluding steroid dienone is 1. The number of amides is 1. The minimum absolute atomic E-state index is 0.181. The summed E-state index contributed by atoms with van der Waals surface area (Å²) >= 11 is 0. The molecule has 0 saturated carbocycles. The van der Waals surface area contributed by atoms with E-state index in [4.69, 9.17) is 4.74 Å². The van der Waals surface area contributed by atoms with Gasteiger partial charge in [0, 0.05) is 6.54 Å². The average molecular weight is 400 g/mol. The lowest BCUT2D eigenvalue weighted by Gasteiger charge is -2.21. The van der Waals surface area contributed by atoms with Gasteiger partial charge in [0.2, 0.25) is 0 Å². The first kappa shape index (κ1) is 23.5. The van der Waals surface area contributed by atoms with Crippen molar-refractivity contribution in [3.05, 3.63) is 48.0 Å². The van der Waals surface area contributed by atoms with Gasteiger partial charge in [-0.1, -0.05) is 107 Å². The fourth-order valence-electron chi connectivity index (χ4n) is 4.02. The molecule has 29 heavy (non-hydrogen) atoms. The molecule has 1 amide bonds. The van der Waals surface area contributed by atoms with Gasteiger partial charge in [0.25, 0.3) is 0 Å². The van der Waals surface area contributed by atoms with Crippen molar-refractivity contribution in [2.75, 3.05) is 6.54 Å². The highest BCUT2D eigenvalue weighted by atomic mass is 16.6. The number of ether oxygens (including phenoxy) is 1. The zero-order chi connectivity index (χ0) is 20.6. The SMILES string of the molecule is CCCCCCCCCCCC/C=C\[C@@H]1CCCN1C(=O)OCc1ccccc1. The Morgan fingerprint density at radius 2 is 1.66 bits per heavy atom. The molecule has 1 aromatic carbocycles. The highest BCUT2D eigenvalue weighted by molar-refractivity contribution is 5.68. The van der Waals surface area contributed by atoms with Crippen LogP contribution in [-0.2, 0) is 11.3 Å². The lowest BCUT2D eigenvalue weighted by molar-refractivity contribution is 0.0974. The molecule has 0 aliphatic carbocycles. The summed E-state index contributed by atoms with van der Waals surface area (Å²) in [6.07, 6.45) is 21.3. The van der Waals surface area contributed by atoms with Crippen LogP contribution >= 0.6 is 0 Å². The van der Waals surface area contributed by atoms with E-state index in [1.54, 1.807) is 0 Å². The number of benzene rings is 1. The maximum atomic E-state index is 12.4. The topological polar surface area (TPSA) is 29.5 Å². The molecule has 0 radical (unpaired) electrons. The molecule has 1 fully saturated rings. The number of unbranched alkanes of at least 4 members (excludes halogenated alkanes) is 10. The van der Waals surface area contributed by atoms with Crippen LogP contribution in [-0.4, -0.2) is 23.6 Å². The zero-order valence-corrected chi connectivity index (χ0v) is 18.5. The maximum absolute atomic E-state index is 12.4. The third-order valence-electron chi connectivity index (χ3n) is 5.82. The first-order valence-corrected chi connectivity index (χ1v) is 11.9. The summed E-state index contributed by atoms with van der Waals surface area (Å²) in [5.74, 6) is 0. The summed E-state index contributed by atoms with van der Waals surface area (Å²) in [6, 6.07) is 10.1. The Hall–Kier alpha value is -1.77. The molecule has 3 heteroatoms. The van der Waals surface area contributed by atoms with Gasteiger partial charge in [-0.05, 0) is 31.2 Å². The highest BCUT2D eigenvalue weighted by Gasteiger charge is 2.27. The van der Waals surface area contributed by atoms with Gasteiger partial charge in [0.1, 0.15) is 6.61 Å². The second-order valence-electron chi connectivity index (χ2n) is 8.34. The number of hydrogen-bond donors (Lipinski definition) is 0. The number of nitrogens with zero attached hydrogens (tertiary/aromatic N) is 1. The van der Waals surface area contributed by atoms with Crippen LogP contribution in [0.25, 0.3) is 0 Å². The Kier molecular flexibility index (Phi) is 12.3. The average Bonchev–Trinajstić information content (AvgIpc) is 3.22. The van der Waals surface area contributed by atoms with Crippen molar-refractivity contribution in [2.24, 2.45) is 0 Å². The molecule has 1 aromatic rings.